The Hall–Kier alpha value is -2.95. The van der Waals surface area contributed by atoms with Gasteiger partial charge in [0.15, 0.2) is 0 Å². The number of likely N-dealkylation sites (tertiary alicyclic amines) is 1. The predicted molar refractivity (Wildman–Crippen MR) is 116 cm³/mol. The molecule has 0 N–H and O–H groups in total. The first-order valence-corrected chi connectivity index (χ1v) is 10.8. The highest BCUT2D eigenvalue weighted by Crippen LogP contribution is 2.37. The Morgan fingerprint density at radius 2 is 1.57 bits per heavy atom. The number of para-hydroxylation sites is 1. The molecule has 0 bridgehead atoms. The molecule has 1 heterocycles. The van der Waals surface area contributed by atoms with Gasteiger partial charge < -0.3 is 14.6 Å². The average molecular weight is 405 g/mol. The summed E-state index contributed by atoms with van der Waals surface area (Å²) in [6.45, 7) is 1.09. The van der Waals surface area contributed by atoms with E-state index >= 15 is 0 Å². The summed E-state index contributed by atoms with van der Waals surface area (Å²) >= 11 is 0. The van der Waals surface area contributed by atoms with Crippen LogP contribution in [0.4, 0.5) is 5.69 Å². The number of rotatable bonds is 6. The van der Waals surface area contributed by atoms with E-state index in [9.17, 15) is 14.4 Å². The molecule has 30 heavy (non-hydrogen) atoms. The van der Waals surface area contributed by atoms with Crippen LogP contribution in [-0.2, 0) is 20.9 Å². The Balaban J connectivity index is 1.58. The minimum Gasteiger partial charge on any atom is -0.333 e. The van der Waals surface area contributed by atoms with Crippen LogP contribution >= 0.6 is 0 Å². The molecular formula is C25H28N2O3. The molecule has 0 spiro atoms. The molecule has 2 fully saturated rings. The van der Waals surface area contributed by atoms with Gasteiger partial charge in [0, 0.05) is 18.2 Å². The van der Waals surface area contributed by atoms with Crippen LogP contribution in [0.2, 0.25) is 0 Å². The molecule has 2 aromatic carbocycles. The number of amides is 2. The molecule has 1 aliphatic heterocycles. The number of aldehydes is 1. The number of carbonyl (C=O) groups is 3. The molecule has 1 aliphatic carbocycles. The molecule has 156 valence electrons. The minimum atomic E-state index is -0.339. The molecule has 1 saturated heterocycles. The zero-order valence-electron chi connectivity index (χ0n) is 17.2. The Kier molecular flexibility index (Phi) is 6.26. The summed E-state index contributed by atoms with van der Waals surface area (Å²) < 4.78 is 0. The van der Waals surface area contributed by atoms with Crippen LogP contribution in [0, 0.1) is 11.8 Å². The van der Waals surface area contributed by atoms with Gasteiger partial charge in [-0.2, -0.15) is 0 Å². The molecular weight excluding hydrogens is 376 g/mol. The van der Waals surface area contributed by atoms with Gasteiger partial charge in [-0.05, 0) is 43.4 Å². The summed E-state index contributed by atoms with van der Waals surface area (Å²) in [5.74, 6) is -0.690. The third-order valence-corrected chi connectivity index (χ3v) is 6.41. The number of benzene rings is 2. The highest BCUT2D eigenvalue weighted by Gasteiger charge is 2.43. The molecule has 4 rings (SSSR count). The van der Waals surface area contributed by atoms with Crippen molar-refractivity contribution in [1.82, 2.24) is 4.90 Å². The first kappa shape index (κ1) is 20.3. The van der Waals surface area contributed by atoms with Crippen LogP contribution in [0.5, 0.6) is 0 Å². The van der Waals surface area contributed by atoms with E-state index in [1.165, 1.54) is 0 Å². The summed E-state index contributed by atoms with van der Waals surface area (Å²) in [5.41, 5.74) is 1.90. The van der Waals surface area contributed by atoms with Gasteiger partial charge in [-0.15, -0.1) is 0 Å². The van der Waals surface area contributed by atoms with E-state index in [-0.39, 0.29) is 29.7 Å². The van der Waals surface area contributed by atoms with E-state index in [4.69, 9.17) is 0 Å². The van der Waals surface area contributed by atoms with Gasteiger partial charge in [-0.25, -0.2) is 0 Å². The van der Waals surface area contributed by atoms with Gasteiger partial charge in [0.25, 0.3) is 0 Å². The molecule has 1 saturated carbocycles. The molecule has 5 nitrogen and oxygen atoms in total. The summed E-state index contributed by atoms with van der Waals surface area (Å²) in [4.78, 5) is 41.9. The van der Waals surface area contributed by atoms with Gasteiger partial charge >= 0.3 is 0 Å². The van der Waals surface area contributed by atoms with Crippen LogP contribution < -0.4 is 4.90 Å². The van der Waals surface area contributed by atoms with E-state index in [2.05, 4.69) is 0 Å². The van der Waals surface area contributed by atoms with Gasteiger partial charge in [0.2, 0.25) is 11.8 Å². The summed E-state index contributed by atoms with van der Waals surface area (Å²) in [6.07, 6.45) is 4.75. The van der Waals surface area contributed by atoms with Crippen molar-refractivity contribution < 1.29 is 14.4 Å². The molecule has 0 radical (unpaired) electrons. The summed E-state index contributed by atoms with van der Waals surface area (Å²) in [5, 5.41) is 0. The second-order valence-corrected chi connectivity index (χ2v) is 8.27. The Bertz CT molecular complexity index is 884. The smallest absolute Gasteiger partial charge is 0.231 e. The van der Waals surface area contributed by atoms with Crippen LogP contribution in [0.3, 0.4) is 0 Å². The third-order valence-electron chi connectivity index (χ3n) is 6.41. The maximum absolute atomic E-state index is 13.7. The number of nitrogens with zero attached hydrogens (tertiary/aromatic N) is 2. The minimum absolute atomic E-state index is 0.00255. The van der Waals surface area contributed by atoms with E-state index in [1.807, 2.05) is 65.6 Å². The topological polar surface area (TPSA) is 57.7 Å². The Morgan fingerprint density at radius 1 is 0.900 bits per heavy atom. The SMILES string of the molecule is O=C[C@@H]1CCCN1C(=O)[C@@H]1CCC[C@H]1C(=O)N(Cc1ccccc1)c1ccccc1. The number of hydrogen-bond acceptors (Lipinski definition) is 3. The average Bonchev–Trinajstić information content (AvgIpc) is 3.47. The van der Waals surface area contributed by atoms with E-state index in [0.29, 0.717) is 25.9 Å². The lowest BCUT2D eigenvalue weighted by Crippen LogP contribution is -2.45. The lowest BCUT2D eigenvalue weighted by molar-refractivity contribution is -0.142. The molecule has 5 heteroatoms. The van der Waals surface area contributed by atoms with Crippen molar-refractivity contribution in [2.24, 2.45) is 11.8 Å². The maximum Gasteiger partial charge on any atom is 0.231 e. The molecule has 3 atom stereocenters. The van der Waals surface area contributed by atoms with Crippen molar-refractivity contribution >= 4 is 23.8 Å². The second kappa shape index (κ2) is 9.24. The van der Waals surface area contributed by atoms with Gasteiger partial charge in [-0.3, -0.25) is 9.59 Å². The quantitative estimate of drug-likeness (QED) is 0.688. The van der Waals surface area contributed by atoms with Crippen molar-refractivity contribution in [1.29, 1.82) is 0 Å². The highest BCUT2D eigenvalue weighted by molar-refractivity contribution is 5.98. The first-order chi connectivity index (χ1) is 14.7. The fourth-order valence-corrected chi connectivity index (χ4v) is 4.84. The highest BCUT2D eigenvalue weighted by atomic mass is 16.2. The first-order valence-electron chi connectivity index (χ1n) is 10.8. The number of carbonyl (C=O) groups excluding carboxylic acids is 3. The monoisotopic (exact) mass is 404 g/mol. The van der Waals surface area contributed by atoms with Crippen molar-refractivity contribution in [3.8, 4) is 0 Å². The van der Waals surface area contributed by atoms with Gasteiger partial charge in [-0.1, -0.05) is 55.0 Å². The number of hydrogen-bond donors (Lipinski definition) is 0. The zero-order chi connectivity index (χ0) is 20.9. The molecule has 0 aromatic heterocycles. The molecule has 2 amide bonds. The lowest BCUT2D eigenvalue weighted by Gasteiger charge is -2.31. The normalized spacial score (nSPS) is 23.3. The van der Waals surface area contributed by atoms with Crippen LogP contribution in [0.1, 0.15) is 37.7 Å². The zero-order valence-corrected chi connectivity index (χ0v) is 17.2. The second-order valence-electron chi connectivity index (χ2n) is 8.27. The van der Waals surface area contributed by atoms with E-state index in [0.717, 1.165) is 36.8 Å². The molecule has 0 unspecified atom stereocenters. The largest absolute Gasteiger partial charge is 0.333 e. The van der Waals surface area contributed by atoms with Crippen LogP contribution in [0.15, 0.2) is 60.7 Å². The Morgan fingerprint density at radius 3 is 2.27 bits per heavy atom. The van der Waals surface area contributed by atoms with Crippen LogP contribution in [0.25, 0.3) is 0 Å². The number of anilines is 1. The van der Waals surface area contributed by atoms with E-state index in [1.54, 1.807) is 4.90 Å². The van der Waals surface area contributed by atoms with Crippen molar-refractivity contribution in [2.45, 2.75) is 44.7 Å². The Labute approximate surface area is 177 Å². The molecule has 2 aromatic rings. The fourth-order valence-electron chi connectivity index (χ4n) is 4.84. The maximum atomic E-state index is 13.7. The predicted octanol–water partition coefficient (Wildman–Crippen LogP) is 3.83. The molecule has 2 aliphatic rings. The van der Waals surface area contributed by atoms with Gasteiger partial charge in [0.05, 0.1) is 18.5 Å². The van der Waals surface area contributed by atoms with Crippen molar-refractivity contribution in [3.05, 3.63) is 66.2 Å². The summed E-state index contributed by atoms with van der Waals surface area (Å²) in [6, 6.07) is 19.3. The fraction of sp³-hybridized carbons (Fsp3) is 0.400. The van der Waals surface area contributed by atoms with Crippen LogP contribution in [-0.4, -0.2) is 35.6 Å². The van der Waals surface area contributed by atoms with Gasteiger partial charge in [0.1, 0.15) is 6.29 Å². The third kappa shape index (κ3) is 4.16. The van der Waals surface area contributed by atoms with Crippen molar-refractivity contribution in [2.75, 3.05) is 11.4 Å². The lowest BCUT2D eigenvalue weighted by atomic mass is 9.92. The summed E-state index contributed by atoms with van der Waals surface area (Å²) in [7, 11) is 0. The van der Waals surface area contributed by atoms with E-state index < -0.39 is 0 Å². The van der Waals surface area contributed by atoms with Crippen molar-refractivity contribution in [3.63, 3.8) is 0 Å². The standard InChI is InChI=1S/C25H28N2O3/c28-18-21-13-8-16-26(21)24(29)22-14-7-15-23(22)25(30)27(20-11-5-2-6-12-20)17-19-9-3-1-4-10-19/h1-6,9-12,18,21-23H,7-8,13-17H2/t21-,22+,23+/m0/s1.